The molecule has 0 saturated heterocycles. The Bertz CT molecular complexity index is 459. The van der Waals surface area contributed by atoms with Crippen LogP contribution in [0.2, 0.25) is 0 Å². The van der Waals surface area contributed by atoms with Crippen molar-refractivity contribution in [3.05, 3.63) is 24.4 Å². The molecule has 2 aromatic rings. The Hall–Kier alpha value is -1.51. The van der Waals surface area contributed by atoms with Crippen molar-refractivity contribution in [1.29, 1.82) is 0 Å². The second kappa shape index (κ2) is 3.93. The number of hydrogen-bond donors (Lipinski definition) is 1. The molecule has 2 rings (SSSR count). The summed E-state index contributed by atoms with van der Waals surface area (Å²) in [5.74, 6) is 0. The molecular formula is C12H17N3. The summed E-state index contributed by atoms with van der Waals surface area (Å²) < 4.78 is 2.06. The molecule has 0 fully saturated rings. The van der Waals surface area contributed by atoms with Crippen molar-refractivity contribution in [2.24, 2.45) is 0 Å². The first-order valence-electron chi connectivity index (χ1n) is 5.45. The van der Waals surface area contributed by atoms with E-state index in [-0.39, 0.29) is 0 Å². The number of anilines is 1. The third-order valence-corrected chi connectivity index (χ3v) is 2.75. The van der Waals surface area contributed by atoms with Gasteiger partial charge >= 0.3 is 0 Å². The van der Waals surface area contributed by atoms with Gasteiger partial charge in [0.25, 0.3) is 0 Å². The van der Waals surface area contributed by atoms with Gasteiger partial charge in [-0.2, -0.15) is 5.10 Å². The van der Waals surface area contributed by atoms with Gasteiger partial charge < -0.3 is 5.73 Å². The van der Waals surface area contributed by atoms with Gasteiger partial charge in [0, 0.05) is 17.1 Å². The zero-order valence-corrected chi connectivity index (χ0v) is 9.27. The molecule has 0 saturated carbocycles. The molecule has 1 unspecified atom stereocenters. The number of nitrogens with zero attached hydrogens (tertiary/aromatic N) is 2. The molecule has 0 bridgehead atoms. The van der Waals surface area contributed by atoms with Crippen LogP contribution in [0.3, 0.4) is 0 Å². The molecule has 1 aromatic carbocycles. The highest BCUT2D eigenvalue weighted by Gasteiger charge is 2.08. The monoisotopic (exact) mass is 203 g/mol. The quantitative estimate of drug-likeness (QED) is 0.779. The molecule has 1 aromatic heterocycles. The minimum absolute atomic E-state index is 0.439. The van der Waals surface area contributed by atoms with Crippen LogP contribution in [0, 0.1) is 0 Å². The van der Waals surface area contributed by atoms with Crippen molar-refractivity contribution < 1.29 is 0 Å². The zero-order chi connectivity index (χ0) is 10.8. The number of benzene rings is 1. The Balaban J connectivity index is 2.47. The molecule has 0 aliphatic rings. The smallest absolute Gasteiger partial charge is 0.0706 e. The van der Waals surface area contributed by atoms with Gasteiger partial charge in [0.2, 0.25) is 0 Å². The predicted molar refractivity (Wildman–Crippen MR) is 63.8 cm³/mol. The van der Waals surface area contributed by atoms with Crippen LogP contribution in [0.25, 0.3) is 10.9 Å². The van der Waals surface area contributed by atoms with Crippen LogP contribution in [0.1, 0.15) is 32.7 Å². The molecule has 1 heterocycles. The number of nitrogen functional groups attached to an aromatic ring is 1. The van der Waals surface area contributed by atoms with Gasteiger partial charge in [0.15, 0.2) is 0 Å². The summed E-state index contributed by atoms with van der Waals surface area (Å²) in [4.78, 5) is 0. The van der Waals surface area contributed by atoms with Crippen molar-refractivity contribution >= 4 is 16.6 Å². The molecule has 15 heavy (non-hydrogen) atoms. The average molecular weight is 203 g/mol. The lowest BCUT2D eigenvalue weighted by Crippen LogP contribution is -2.06. The Morgan fingerprint density at radius 2 is 2.27 bits per heavy atom. The molecular weight excluding hydrogens is 186 g/mol. The Kier molecular flexibility index (Phi) is 2.62. The SMILES string of the molecule is CCCC(C)n1ncc2ccc(N)cc21. The van der Waals surface area contributed by atoms with E-state index in [2.05, 4.69) is 23.6 Å². The second-order valence-electron chi connectivity index (χ2n) is 4.05. The second-order valence-corrected chi connectivity index (χ2v) is 4.05. The van der Waals surface area contributed by atoms with Gasteiger partial charge in [-0.3, -0.25) is 4.68 Å². The number of nitrogens with two attached hydrogens (primary N) is 1. The summed E-state index contributed by atoms with van der Waals surface area (Å²) >= 11 is 0. The Morgan fingerprint density at radius 1 is 1.47 bits per heavy atom. The lowest BCUT2D eigenvalue weighted by molar-refractivity contribution is 0.468. The average Bonchev–Trinajstić information content (AvgIpc) is 2.60. The van der Waals surface area contributed by atoms with Crippen molar-refractivity contribution in [1.82, 2.24) is 9.78 Å². The fourth-order valence-corrected chi connectivity index (χ4v) is 1.95. The van der Waals surface area contributed by atoms with Crippen molar-refractivity contribution in [2.45, 2.75) is 32.7 Å². The van der Waals surface area contributed by atoms with Crippen LogP contribution in [0.15, 0.2) is 24.4 Å². The molecule has 3 heteroatoms. The van der Waals surface area contributed by atoms with Gasteiger partial charge in [-0.05, 0) is 31.5 Å². The first-order valence-corrected chi connectivity index (χ1v) is 5.45. The zero-order valence-electron chi connectivity index (χ0n) is 9.27. The summed E-state index contributed by atoms with van der Waals surface area (Å²) in [7, 11) is 0. The first kappa shape index (κ1) is 10.0. The summed E-state index contributed by atoms with van der Waals surface area (Å²) in [6.07, 6.45) is 4.22. The minimum Gasteiger partial charge on any atom is -0.399 e. The van der Waals surface area contributed by atoms with Crippen LogP contribution in [0.5, 0.6) is 0 Å². The van der Waals surface area contributed by atoms with Crippen LogP contribution in [-0.2, 0) is 0 Å². The van der Waals surface area contributed by atoms with Gasteiger partial charge in [-0.15, -0.1) is 0 Å². The lowest BCUT2D eigenvalue weighted by atomic mass is 10.2. The van der Waals surface area contributed by atoms with Crippen LogP contribution in [-0.4, -0.2) is 9.78 Å². The van der Waals surface area contributed by atoms with Gasteiger partial charge in [0.1, 0.15) is 0 Å². The molecule has 0 radical (unpaired) electrons. The molecule has 0 aliphatic heterocycles. The molecule has 1 atom stereocenters. The number of fused-ring (bicyclic) bond motifs is 1. The maximum atomic E-state index is 5.78. The van der Waals surface area contributed by atoms with Crippen LogP contribution >= 0.6 is 0 Å². The first-order chi connectivity index (χ1) is 7.22. The van der Waals surface area contributed by atoms with Gasteiger partial charge in [-0.25, -0.2) is 0 Å². The van der Waals surface area contributed by atoms with E-state index >= 15 is 0 Å². The normalized spacial score (nSPS) is 13.2. The van der Waals surface area contributed by atoms with E-state index in [1.807, 2.05) is 24.4 Å². The van der Waals surface area contributed by atoms with Crippen LogP contribution in [0.4, 0.5) is 5.69 Å². The fourth-order valence-electron chi connectivity index (χ4n) is 1.95. The number of rotatable bonds is 3. The summed E-state index contributed by atoms with van der Waals surface area (Å²) in [5, 5.41) is 5.58. The van der Waals surface area contributed by atoms with Crippen molar-refractivity contribution in [2.75, 3.05) is 5.73 Å². The van der Waals surface area contributed by atoms with E-state index in [4.69, 9.17) is 5.73 Å². The molecule has 80 valence electrons. The number of hydrogen-bond acceptors (Lipinski definition) is 2. The van der Waals surface area contributed by atoms with E-state index in [1.54, 1.807) is 0 Å². The summed E-state index contributed by atoms with van der Waals surface area (Å²) in [6.45, 7) is 4.38. The molecule has 2 N–H and O–H groups in total. The molecule has 0 amide bonds. The van der Waals surface area contributed by atoms with Gasteiger partial charge in [0.05, 0.1) is 11.7 Å². The molecule has 0 aliphatic carbocycles. The number of aromatic nitrogens is 2. The maximum absolute atomic E-state index is 5.78. The molecule has 3 nitrogen and oxygen atoms in total. The predicted octanol–water partition coefficient (Wildman–Crippen LogP) is 2.98. The summed E-state index contributed by atoms with van der Waals surface area (Å²) in [6, 6.07) is 6.37. The highest BCUT2D eigenvalue weighted by atomic mass is 15.3. The minimum atomic E-state index is 0.439. The summed E-state index contributed by atoms with van der Waals surface area (Å²) in [5.41, 5.74) is 7.72. The van der Waals surface area contributed by atoms with E-state index < -0.39 is 0 Å². The highest BCUT2D eigenvalue weighted by Crippen LogP contribution is 2.22. The third kappa shape index (κ3) is 1.82. The van der Waals surface area contributed by atoms with Crippen molar-refractivity contribution in [3.8, 4) is 0 Å². The topological polar surface area (TPSA) is 43.8 Å². The van der Waals surface area contributed by atoms with E-state index in [9.17, 15) is 0 Å². The Morgan fingerprint density at radius 3 is 3.00 bits per heavy atom. The van der Waals surface area contributed by atoms with E-state index in [1.165, 1.54) is 6.42 Å². The highest BCUT2D eigenvalue weighted by molar-refractivity contribution is 5.81. The standard InChI is InChI=1S/C12H17N3/c1-3-4-9(2)15-12-7-11(13)6-5-10(12)8-14-15/h5-9H,3-4,13H2,1-2H3. The largest absolute Gasteiger partial charge is 0.399 e. The van der Waals surface area contributed by atoms with Gasteiger partial charge in [-0.1, -0.05) is 13.3 Å². The third-order valence-electron chi connectivity index (χ3n) is 2.75. The molecule has 0 spiro atoms. The maximum Gasteiger partial charge on any atom is 0.0706 e. The Labute approximate surface area is 89.9 Å². The fraction of sp³-hybridized carbons (Fsp3) is 0.417. The van der Waals surface area contributed by atoms with Crippen molar-refractivity contribution in [3.63, 3.8) is 0 Å². The lowest BCUT2D eigenvalue weighted by Gasteiger charge is -2.12. The van der Waals surface area contributed by atoms with E-state index in [0.717, 1.165) is 23.0 Å². The van der Waals surface area contributed by atoms with Crippen LogP contribution < -0.4 is 5.73 Å². The van der Waals surface area contributed by atoms with E-state index in [0.29, 0.717) is 6.04 Å².